The first-order chi connectivity index (χ1) is 10.7. The molecule has 118 valence electrons. The van der Waals surface area contributed by atoms with Gasteiger partial charge in [0.2, 0.25) is 11.9 Å². The molecule has 0 unspecified atom stereocenters. The molecule has 0 radical (unpaired) electrons. The highest BCUT2D eigenvalue weighted by atomic mass is 16.1. The summed E-state index contributed by atoms with van der Waals surface area (Å²) in [6, 6.07) is 7.70. The maximum atomic E-state index is 10.6. The van der Waals surface area contributed by atoms with Gasteiger partial charge in [-0.3, -0.25) is 4.79 Å². The minimum Gasteiger partial charge on any atom is -0.383 e. The number of hydrogen-bond acceptors (Lipinski definition) is 5. The number of carbonyl (C=O) groups is 1. The standard InChI is InChI=1S/C16H23N5O/c17-14(22)10-4-2-1-3-7-11-19-16-20-13-9-6-5-8-12(13)15(18)21-16/h5-6,8-9H,1-4,7,10-11H2,(H2,17,22)(H3,18,19,20,21). The van der Waals surface area contributed by atoms with E-state index in [-0.39, 0.29) is 5.91 Å². The molecule has 5 N–H and O–H groups in total. The third kappa shape index (κ3) is 4.87. The van der Waals surface area contributed by atoms with Crippen molar-refractivity contribution in [2.75, 3.05) is 17.6 Å². The summed E-state index contributed by atoms with van der Waals surface area (Å²) in [5.41, 5.74) is 11.9. The zero-order valence-corrected chi connectivity index (χ0v) is 12.7. The molecule has 0 spiro atoms. The molecule has 1 aromatic heterocycles. The number of nitrogens with two attached hydrogens (primary N) is 2. The Morgan fingerprint density at radius 2 is 1.77 bits per heavy atom. The predicted molar refractivity (Wildman–Crippen MR) is 89.3 cm³/mol. The molecule has 6 heteroatoms. The lowest BCUT2D eigenvalue weighted by Gasteiger charge is -2.07. The molecule has 6 nitrogen and oxygen atoms in total. The Kier molecular flexibility index (Phi) is 5.94. The normalized spacial score (nSPS) is 10.7. The molecular weight excluding hydrogens is 278 g/mol. The fourth-order valence-corrected chi connectivity index (χ4v) is 2.33. The average molecular weight is 301 g/mol. The van der Waals surface area contributed by atoms with Gasteiger partial charge in [-0.15, -0.1) is 0 Å². The van der Waals surface area contributed by atoms with Crippen molar-refractivity contribution < 1.29 is 4.79 Å². The minimum atomic E-state index is -0.215. The number of unbranched alkanes of at least 4 members (excludes halogenated alkanes) is 4. The summed E-state index contributed by atoms with van der Waals surface area (Å²) in [6.07, 6.45) is 5.66. The molecule has 0 aliphatic rings. The number of rotatable bonds is 9. The van der Waals surface area contributed by atoms with Gasteiger partial charge in [0, 0.05) is 18.4 Å². The minimum absolute atomic E-state index is 0.215. The van der Waals surface area contributed by atoms with Crippen molar-refractivity contribution in [2.45, 2.75) is 38.5 Å². The van der Waals surface area contributed by atoms with Crippen LogP contribution in [-0.2, 0) is 4.79 Å². The molecule has 22 heavy (non-hydrogen) atoms. The largest absolute Gasteiger partial charge is 0.383 e. The van der Waals surface area contributed by atoms with Gasteiger partial charge in [-0.25, -0.2) is 4.98 Å². The highest BCUT2D eigenvalue weighted by molar-refractivity contribution is 5.88. The number of nitrogens with one attached hydrogen (secondary N) is 1. The van der Waals surface area contributed by atoms with E-state index in [1.807, 2.05) is 24.3 Å². The lowest BCUT2D eigenvalue weighted by molar-refractivity contribution is -0.118. The van der Waals surface area contributed by atoms with Crippen molar-refractivity contribution >= 4 is 28.6 Å². The average Bonchev–Trinajstić information content (AvgIpc) is 2.50. The molecule has 1 amide bonds. The molecule has 1 heterocycles. The van der Waals surface area contributed by atoms with Gasteiger partial charge in [-0.2, -0.15) is 4.98 Å². The maximum absolute atomic E-state index is 10.6. The zero-order chi connectivity index (χ0) is 15.8. The molecule has 2 aromatic rings. The first kappa shape index (κ1) is 16.0. The number of hydrogen-bond donors (Lipinski definition) is 3. The van der Waals surface area contributed by atoms with Crippen molar-refractivity contribution in [3.8, 4) is 0 Å². The van der Waals surface area contributed by atoms with Crippen LogP contribution in [0, 0.1) is 0 Å². The third-order valence-corrected chi connectivity index (χ3v) is 3.52. The molecule has 1 aromatic carbocycles. The van der Waals surface area contributed by atoms with E-state index in [4.69, 9.17) is 11.5 Å². The highest BCUT2D eigenvalue weighted by Crippen LogP contribution is 2.18. The highest BCUT2D eigenvalue weighted by Gasteiger charge is 2.03. The first-order valence-electron chi connectivity index (χ1n) is 7.71. The number of fused-ring (bicyclic) bond motifs is 1. The van der Waals surface area contributed by atoms with E-state index in [2.05, 4.69) is 15.3 Å². The molecule has 0 bridgehead atoms. The topological polar surface area (TPSA) is 107 Å². The van der Waals surface area contributed by atoms with Crippen LogP contribution in [0.3, 0.4) is 0 Å². The second kappa shape index (κ2) is 8.17. The fraction of sp³-hybridized carbons (Fsp3) is 0.438. The van der Waals surface area contributed by atoms with Crippen LogP contribution in [0.1, 0.15) is 38.5 Å². The third-order valence-electron chi connectivity index (χ3n) is 3.52. The van der Waals surface area contributed by atoms with Crippen molar-refractivity contribution in [2.24, 2.45) is 5.73 Å². The Hall–Kier alpha value is -2.37. The van der Waals surface area contributed by atoms with Gasteiger partial charge >= 0.3 is 0 Å². The van der Waals surface area contributed by atoms with Gasteiger partial charge in [-0.05, 0) is 25.0 Å². The number of para-hydroxylation sites is 1. The maximum Gasteiger partial charge on any atom is 0.225 e. The van der Waals surface area contributed by atoms with Crippen LogP contribution in [0.5, 0.6) is 0 Å². The van der Waals surface area contributed by atoms with E-state index < -0.39 is 0 Å². The number of nitrogen functional groups attached to an aromatic ring is 1. The second-order valence-electron chi connectivity index (χ2n) is 5.36. The molecule has 0 aliphatic carbocycles. The number of primary amides is 1. The number of aromatic nitrogens is 2. The van der Waals surface area contributed by atoms with Crippen LogP contribution in [0.4, 0.5) is 11.8 Å². The SMILES string of the molecule is NC(=O)CCCCCCCNc1nc(N)c2ccccc2n1. The van der Waals surface area contributed by atoms with E-state index in [0.29, 0.717) is 18.2 Å². The summed E-state index contributed by atoms with van der Waals surface area (Å²) >= 11 is 0. The lowest BCUT2D eigenvalue weighted by atomic mass is 10.1. The number of nitrogens with zero attached hydrogens (tertiary/aromatic N) is 2. The van der Waals surface area contributed by atoms with Crippen molar-refractivity contribution in [3.63, 3.8) is 0 Å². The quantitative estimate of drug-likeness (QED) is 0.617. The Labute approximate surface area is 130 Å². The summed E-state index contributed by atoms with van der Waals surface area (Å²) in [6.45, 7) is 0.813. The zero-order valence-electron chi connectivity index (χ0n) is 12.7. The molecule has 0 atom stereocenters. The summed E-state index contributed by atoms with van der Waals surface area (Å²) in [7, 11) is 0. The smallest absolute Gasteiger partial charge is 0.225 e. The van der Waals surface area contributed by atoms with Gasteiger partial charge in [0.25, 0.3) is 0 Å². The molecule has 0 fully saturated rings. The van der Waals surface area contributed by atoms with Gasteiger partial charge in [0.15, 0.2) is 0 Å². The van der Waals surface area contributed by atoms with E-state index in [1.54, 1.807) is 0 Å². The van der Waals surface area contributed by atoms with E-state index >= 15 is 0 Å². The Bertz CT molecular complexity index is 629. The van der Waals surface area contributed by atoms with E-state index in [9.17, 15) is 4.79 Å². The number of carbonyl (C=O) groups excluding carboxylic acids is 1. The summed E-state index contributed by atoms with van der Waals surface area (Å²) in [5, 5.41) is 4.09. The van der Waals surface area contributed by atoms with Gasteiger partial charge in [-0.1, -0.05) is 31.4 Å². The van der Waals surface area contributed by atoms with Crippen LogP contribution in [-0.4, -0.2) is 22.4 Å². The Morgan fingerprint density at radius 1 is 1.05 bits per heavy atom. The monoisotopic (exact) mass is 301 g/mol. The molecule has 2 rings (SSSR count). The van der Waals surface area contributed by atoms with Crippen LogP contribution >= 0.6 is 0 Å². The lowest BCUT2D eigenvalue weighted by Crippen LogP contribution is -2.09. The van der Waals surface area contributed by atoms with Crippen molar-refractivity contribution in [1.82, 2.24) is 9.97 Å². The van der Waals surface area contributed by atoms with Crippen LogP contribution in [0.25, 0.3) is 10.9 Å². The first-order valence-corrected chi connectivity index (χ1v) is 7.71. The van der Waals surface area contributed by atoms with Gasteiger partial charge in [0.05, 0.1) is 5.52 Å². The van der Waals surface area contributed by atoms with Crippen molar-refractivity contribution in [3.05, 3.63) is 24.3 Å². The molecular formula is C16H23N5O. The molecule has 0 aliphatic heterocycles. The van der Waals surface area contributed by atoms with E-state index in [1.165, 1.54) is 0 Å². The second-order valence-corrected chi connectivity index (χ2v) is 5.36. The van der Waals surface area contributed by atoms with Crippen LogP contribution in [0.2, 0.25) is 0 Å². The Morgan fingerprint density at radius 3 is 2.59 bits per heavy atom. The summed E-state index contributed by atoms with van der Waals surface area (Å²) in [4.78, 5) is 19.3. The molecule has 0 saturated heterocycles. The summed E-state index contributed by atoms with van der Waals surface area (Å²) < 4.78 is 0. The van der Waals surface area contributed by atoms with Crippen LogP contribution in [0.15, 0.2) is 24.3 Å². The van der Waals surface area contributed by atoms with Gasteiger partial charge < -0.3 is 16.8 Å². The summed E-state index contributed by atoms with van der Waals surface area (Å²) in [5.74, 6) is 0.859. The van der Waals surface area contributed by atoms with Crippen molar-refractivity contribution in [1.29, 1.82) is 0 Å². The predicted octanol–water partition coefficient (Wildman–Crippen LogP) is 2.45. The number of amides is 1. The number of anilines is 2. The van der Waals surface area contributed by atoms with Gasteiger partial charge in [0.1, 0.15) is 5.82 Å². The number of benzene rings is 1. The molecule has 0 saturated carbocycles. The van der Waals surface area contributed by atoms with E-state index in [0.717, 1.165) is 49.6 Å². The Balaban J connectivity index is 1.70. The fourth-order valence-electron chi connectivity index (χ4n) is 2.33. The van der Waals surface area contributed by atoms with Crippen LogP contribution < -0.4 is 16.8 Å².